The van der Waals surface area contributed by atoms with Gasteiger partial charge in [0.05, 0.1) is 11.1 Å². The predicted molar refractivity (Wildman–Crippen MR) is 40.1 cm³/mol. The minimum atomic E-state index is -0.999. The average molecular weight is 166 g/mol. The molecule has 0 aliphatic carbocycles. The van der Waals surface area contributed by atoms with E-state index < -0.39 is 5.97 Å². The third kappa shape index (κ3) is 0.795. The highest BCUT2D eigenvalue weighted by molar-refractivity contribution is 5.92. The fourth-order valence-electron chi connectivity index (χ4n) is 1.05. The zero-order chi connectivity index (χ0) is 8.72. The van der Waals surface area contributed by atoms with E-state index in [4.69, 9.17) is 9.63 Å². The fraction of sp³-hybridized carbons (Fsp3) is 0.143. The number of aromatic amines is 1. The maximum Gasteiger partial charge on any atom is 0.352 e. The summed E-state index contributed by atoms with van der Waals surface area (Å²) in [5, 5.41) is 13.0. The van der Waals surface area contributed by atoms with Crippen LogP contribution in [0.3, 0.4) is 0 Å². The number of aryl methyl sites for hydroxylation is 1. The lowest BCUT2D eigenvalue weighted by molar-refractivity contribution is 0.0691. The maximum absolute atomic E-state index is 10.5. The fourth-order valence-corrected chi connectivity index (χ4v) is 1.05. The second kappa shape index (κ2) is 2.10. The molecular weight excluding hydrogens is 160 g/mol. The molecule has 0 spiro atoms. The Kier molecular flexibility index (Phi) is 1.21. The number of hydrogen-bond acceptors (Lipinski definition) is 3. The molecule has 2 aromatic heterocycles. The summed E-state index contributed by atoms with van der Waals surface area (Å²) in [4.78, 5) is 13.1. The molecule has 0 aliphatic rings. The van der Waals surface area contributed by atoms with Crippen LogP contribution >= 0.6 is 0 Å². The number of carboxylic acids is 1. The van der Waals surface area contributed by atoms with Gasteiger partial charge in [-0.3, -0.25) is 0 Å². The van der Waals surface area contributed by atoms with Gasteiger partial charge in [-0.2, -0.15) is 0 Å². The van der Waals surface area contributed by atoms with E-state index in [9.17, 15) is 4.79 Å². The number of carboxylic acid groups (broad SMARTS) is 1. The number of nitrogens with one attached hydrogen (secondary N) is 1. The van der Waals surface area contributed by atoms with Crippen LogP contribution in [-0.2, 0) is 0 Å². The Morgan fingerprint density at radius 3 is 3.08 bits per heavy atom. The Labute approximate surface area is 67.0 Å². The smallest absolute Gasteiger partial charge is 0.352 e. The molecule has 2 rings (SSSR count). The topological polar surface area (TPSA) is 79.1 Å². The van der Waals surface area contributed by atoms with Crippen molar-refractivity contribution < 1.29 is 14.4 Å². The molecule has 62 valence electrons. The molecule has 0 amide bonds. The van der Waals surface area contributed by atoms with Gasteiger partial charge in [-0.05, 0) is 13.0 Å². The van der Waals surface area contributed by atoms with Gasteiger partial charge in [0.1, 0.15) is 5.69 Å². The van der Waals surface area contributed by atoms with Crippen LogP contribution < -0.4 is 0 Å². The van der Waals surface area contributed by atoms with E-state index in [-0.39, 0.29) is 5.69 Å². The van der Waals surface area contributed by atoms with Crippen molar-refractivity contribution in [3.63, 3.8) is 0 Å². The predicted octanol–water partition coefficient (Wildman–Crippen LogP) is 1.16. The van der Waals surface area contributed by atoms with Crippen LogP contribution in [0, 0.1) is 6.92 Å². The van der Waals surface area contributed by atoms with Crippen LogP contribution in [0.4, 0.5) is 0 Å². The molecule has 0 saturated carbocycles. The lowest BCUT2D eigenvalue weighted by Gasteiger charge is -1.82. The SMILES string of the molecule is Cc1noc2[nH]c(C(=O)O)cc12. The zero-order valence-corrected chi connectivity index (χ0v) is 6.29. The molecule has 12 heavy (non-hydrogen) atoms. The number of hydrogen-bond donors (Lipinski definition) is 2. The van der Waals surface area contributed by atoms with Crippen molar-refractivity contribution in [1.82, 2.24) is 10.1 Å². The first-order chi connectivity index (χ1) is 5.68. The molecule has 2 aromatic rings. The van der Waals surface area contributed by atoms with Gasteiger partial charge in [-0.15, -0.1) is 0 Å². The van der Waals surface area contributed by atoms with Crippen LogP contribution in [0.5, 0.6) is 0 Å². The first kappa shape index (κ1) is 6.90. The summed E-state index contributed by atoms with van der Waals surface area (Å²) >= 11 is 0. The van der Waals surface area contributed by atoms with Crippen molar-refractivity contribution in [2.24, 2.45) is 0 Å². The first-order valence-electron chi connectivity index (χ1n) is 3.37. The highest BCUT2D eigenvalue weighted by atomic mass is 16.5. The van der Waals surface area contributed by atoms with Crippen molar-refractivity contribution in [2.75, 3.05) is 0 Å². The molecule has 0 unspecified atom stereocenters. The van der Waals surface area contributed by atoms with Gasteiger partial charge in [-0.25, -0.2) is 4.79 Å². The van der Waals surface area contributed by atoms with Gasteiger partial charge in [-0.1, -0.05) is 5.16 Å². The van der Waals surface area contributed by atoms with Crippen molar-refractivity contribution >= 4 is 17.1 Å². The summed E-state index contributed by atoms with van der Waals surface area (Å²) in [7, 11) is 0. The van der Waals surface area contributed by atoms with Gasteiger partial charge in [0.15, 0.2) is 0 Å². The molecule has 0 aliphatic heterocycles. The minimum absolute atomic E-state index is 0.120. The van der Waals surface area contributed by atoms with Gasteiger partial charge < -0.3 is 14.6 Å². The summed E-state index contributed by atoms with van der Waals surface area (Å²) in [6.07, 6.45) is 0. The molecule has 0 bridgehead atoms. The van der Waals surface area contributed by atoms with Crippen molar-refractivity contribution in [1.29, 1.82) is 0 Å². The zero-order valence-electron chi connectivity index (χ0n) is 6.29. The lowest BCUT2D eigenvalue weighted by atomic mass is 10.3. The molecule has 2 N–H and O–H groups in total. The van der Waals surface area contributed by atoms with Crippen molar-refractivity contribution in [3.05, 3.63) is 17.5 Å². The van der Waals surface area contributed by atoms with Crippen LogP contribution in [0.25, 0.3) is 11.1 Å². The molecule has 0 saturated heterocycles. The van der Waals surface area contributed by atoms with Crippen LogP contribution in [-0.4, -0.2) is 21.2 Å². The van der Waals surface area contributed by atoms with Crippen LogP contribution in [0.2, 0.25) is 0 Å². The summed E-state index contributed by atoms with van der Waals surface area (Å²) in [6, 6.07) is 1.50. The molecule has 0 atom stereocenters. The number of nitrogens with zero attached hydrogens (tertiary/aromatic N) is 1. The molecule has 0 aromatic carbocycles. The van der Waals surface area contributed by atoms with E-state index in [0.717, 1.165) is 0 Å². The summed E-state index contributed by atoms with van der Waals surface area (Å²) in [5.41, 5.74) is 1.22. The normalized spacial score (nSPS) is 10.8. The molecule has 0 fully saturated rings. The highest BCUT2D eigenvalue weighted by Crippen LogP contribution is 2.18. The number of carbonyl (C=O) groups is 1. The van der Waals surface area contributed by atoms with Crippen molar-refractivity contribution in [2.45, 2.75) is 6.92 Å². The van der Waals surface area contributed by atoms with Gasteiger partial charge in [0.2, 0.25) is 5.71 Å². The molecule has 5 nitrogen and oxygen atoms in total. The van der Waals surface area contributed by atoms with E-state index in [1.165, 1.54) is 6.07 Å². The maximum atomic E-state index is 10.5. The standard InChI is InChI=1S/C7H6N2O3/c1-3-4-2-5(7(10)11)8-6(4)12-9-3/h2,8H,1H3,(H,10,11). The van der Waals surface area contributed by atoms with Crippen LogP contribution in [0.1, 0.15) is 16.2 Å². The largest absolute Gasteiger partial charge is 0.477 e. The number of H-pyrrole nitrogens is 1. The Morgan fingerprint density at radius 2 is 2.50 bits per heavy atom. The van der Waals surface area contributed by atoms with Gasteiger partial charge in [0, 0.05) is 0 Å². The van der Waals surface area contributed by atoms with E-state index >= 15 is 0 Å². The number of aromatic carboxylic acids is 1. The molecule has 5 heteroatoms. The van der Waals surface area contributed by atoms with Crippen LogP contribution in [0.15, 0.2) is 10.6 Å². The number of fused-ring (bicyclic) bond motifs is 1. The quantitative estimate of drug-likeness (QED) is 0.666. The van der Waals surface area contributed by atoms with Crippen molar-refractivity contribution in [3.8, 4) is 0 Å². The molecule has 0 radical (unpaired) electrons. The Hall–Kier alpha value is -1.78. The second-order valence-electron chi connectivity index (χ2n) is 2.50. The van der Waals surface area contributed by atoms with E-state index in [1.54, 1.807) is 6.92 Å². The highest BCUT2D eigenvalue weighted by Gasteiger charge is 2.12. The Balaban J connectivity index is 2.70. The van der Waals surface area contributed by atoms with Gasteiger partial charge >= 0.3 is 5.97 Å². The third-order valence-corrected chi connectivity index (χ3v) is 1.68. The number of aromatic nitrogens is 2. The average Bonchev–Trinajstić information content (AvgIpc) is 2.53. The Morgan fingerprint density at radius 1 is 1.75 bits per heavy atom. The second-order valence-corrected chi connectivity index (χ2v) is 2.50. The molecule has 2 heterocycles. The molecular formula is C7H6N2O3. The minimum Gasteiger partial charge on any atom is -0.477 e. The van der Waals surface area contributed by atoms with Gasteiger partial charge in [0.25, 0.3) is 0 Å². The van der Waals surface area contributed by atoms with E-state index in [0.29, 0.717) is 16.8 Å². The summed E-state index contributed by atoms with van der Waals surface area (Å²) in [5.74, 6) is -0.999. The summed E-state index contributed by atoms with van der Waals surface area (Å²) < 4.78 is 4.81. The lowest BCUT2D eigenvalue weighted by Crippen LogP contribution is -1.94. The monoisotopic (exact) mass is 166 g/mol. The first-order valence-corrected chi connectivity index (χ1v) is 3.37. The van der Waals surface area contributed by atoms with E-state index in [1.807, 2.05) is 0 Å². The third-order valence-electron chi connectivity index (χ3n) is 1.68. The van der Waals surface area contributed by atoms with E-state index in [2.05, 4.69) is 10.1 Å². The number of rotatable bonds is 1. The summed E-state index contributed by atoms with van der Waals surface area (Å²) in [6.45, 7) is 1.76. The Bertz CT molecular complexity index is 440.